The van der Waals surface area contributed by atoms with Crippen molar-refractivity contribution in [3.8, 4) is 11.6 Å². The lowest BCUT2D eigenvalue weighted by Crippen LogP contribution is -2.02. The van der Waals surface area contributed by atoms with Crippen LogP contribution in [-0.4, -0.2) is 14.9 Å². The molecule has 2 N–H and O–H groups in total. The molecule has 0 radical (unpaired) electrons. The lowest BCUT2D eigenvalue weighted by molar-refractivity contribution is -0.385. The fourth-order valence-electron chi connectivity index (χ4n) is 1.84. The minimum absolute atomic E-state index is 0.0537. The maximum atomic E-state index is 11.1. The summed E-state index contributed by atoms with van der Waals surface area (Å²) in [6.07, 6.45) is 1.51. The highest BCUT2D eigenvalue weighted by atomic mass is 16.6. The summed E-state index contributed by atoms with van der Waals surface area (Å²) in [5, 5.41) is 11.1. The molecule has 20 heavy (non-hydrogen) atoms. The van der Waals surface area contributed by atoms with Crippen molar-refractivity contribution in [2.24, 2.45) is 0 Å². The number of hydrogen-bond acceptors (Lipinski definition) is 6. The van der Waals surface area contributed by atoms with Gasteiger partial charge in [0.25, 0.3) is 0 Å². The Hall–Kier alpha value is -2.70. The Morgan fingerprint density at radius 1 is 1.25 bits per heavy atom. The monoisotopic (exact) mass is 274 g/mol. The van der Waals surface area contributed by atoms with Gasteiger partial charge in [-0.05, 0) is 31.9 Å². The molecule has 0 aliphatic rings. The number of benzene rings is 1. The number of nitro groups is 1. The van der Waals surface area contributed by atoms with Gasteiger partial charge in [0, 0.05) is 17.8 Å². The number of anilines is 1. The summed E-state index contributed by atoms with van der Waals surface area (Å²) in [6.45, 7) is 5.27. The van der Waals surface area contributed by atoms with E-state index in [0.717, 1.165) is 5.56 Å². The van der Waals surface area contributed by atoms with Crippen molar-refractivity contribution in [1.82, 2.24) is 9.97 Å². The number of rotatable bonds is 3. The van der Waals surface area contributed by atoms with E-state index in [4.69, 9.17) is 10.5 Å². The summed E-state index contributed by atoms with van der Waals surface area (Å²) in [4.78, 5) is 18.4. The van der Waals surface area contributed by atoms with Gasteiger partial charge in [0.05, 0.1) is 4.92 Å². The van der Waals surface area contributed by atoms with Crippen LogP contribution in [-0.2, 0) is 0 Å². The lowest BCUT2D eigenvalue weighted by Gasteiger charge is -2.11. The van der Waals surface area contributed by atoms with Crippen LogP contribution in [0.4, 0.5) is 11.6 Å². The maximum Gasteiger partial charge on any atom is 0.312 e. The number of nitrogens with zero attached hydrogens (tertiary/aromatic N) is 3. The van der Waals surface area contributed by atoms with E-state index >= 15 is 0 Å². The molecule has 7 heteroatoms. The third-order valence-electron chi connectivity index (χ3n) is 2.74. The summed E-state index contributed by atoms with van der Waals surface area (Å²) in [7, 11) is 0. The number of nitrogen functional groups attached to an aromatic ring is 1. The van der Waals surface area contributed by atoms with Crippen LogP contribution >= 0.6 is 0 Å². The van der Waals surface area contributed by atoms with Gasteiger partial charge in [-0.3, -0.25) is 10.1 Å². The van der Waals surface area contributed by atoms with E-state index in [-0.39, 0.29) is 23.3 Å². The maximum absolute atomic E-state index is 11.1. The van der Waals surface area contributed by atoms with E-state index in [2.05, 4.69) is 9.97 Å². The topological polar surface area (TPSA) is 104 Å². The van der Waals surface area contributed by atoms with Crippen molar-refractivity contribution in [1.29, 1.82) is 0 Å². The molecule has 1 aromatic heterocycles. The van der Waals surface area contributed by atoms with Crippen molar-refractivity contribution in [3.05, 3.63) is 45.1 Å². The van der Waals surface area contributed by atoms with Crippen LogP contribution < -0.4 is 10.5 Å². The van der Waals surface area contributed by atoms with E-state index in [1.54, 1.807) is 20.8 Å². The van der Waals surface area contributed by atoms with Crippen LogP contribution in [0.3, 0.4) is 0 Å². The Labute approximate surface area is 115 Å². The third-order valence-corrected chi connectivity index (χ3v) is 2.74. The molecule has 0 bridgehead atoms. The van der Waals surface area contributed by atoms with Gasteiger partial charge < -0.3 is 10.5 Å². The second-order valence-corrected chi connectivity index (χ2v) is 4.51. The van der Waals surface area contributed by atoms with Crippen molar-refractivity contribution >= 4 is 11.6 Å². The molecule has 0 amide bonds. The zero-order valence-corrected chi connectivity index (χ0v) is 11.4. The van der Waals surface area contributed by atoms with Gasteiger partial charge in [-0.15, -0.1) is 0 Å². The van der Waals surface area contributed by atoms with E-state index in [1.165, 1.54) is 12.3 Å². The highest BCUT2D eigenvalue weighted by Gasteiger charge is 2.20. The molecule has 0 spiro atoms. The minimum Gasteiger partial charge on any atom is -0.431 e. The van der Waals surface area contributed by atoms with E-state index < -0.39 is 4.92 Å². The SMILES string of the molecule is Cc1cc(C)c(Oc2nc(N)ncc2C)c([N+](=O)[O-])c1. The molecule has 2 aromatic rings. The normalized spacial score (nSPS) is 10.3. The first-order valence-corrected chi connectivity index (χ1v) is 5.91. The van der Waals surface area contributed by atoms with Crippen molar-refractivity contribution in [3.63, 3.8) is 0 Å². The fraction of sp³-hybridized carbons (Fsp3) is 0.231. The predicted molar refractivity (Wildman–Crippen MR) is 73.8 cm³/mol. The van der Waals surface area contributed by atoms with E-state index in [9.17, 15) is 10.1 Å². The smallest absolute Gasteiger partial charge is 0.312 e. The summed E-state index contributed by atoms with van der Waals surface area (Å²) in [5.41, 5.74) is 7.51. The van der Waals surface area contributed by atoms with Crippen LogP contribution in [0.1, 0.15) is 16.7 Å². The van der Waals surface area contributed by atoms with Gasteiger partial charge in [-0.2, -0.15) is 4.98 Å². The van der Waals surface area contributed by atoms with Crippen LogP contribution in [0.25, 0.3) is 0 Å². The average Bonchev–Trinajstić information content (AvgIpc) is 2.36. The number of hydrogen-bond donors (Lipinski definition) is 1. The molecule has 0 aliphatic carbocycles. The summed E-state index contributed by atoms with van der Waals surface area (Å²) in [5.74, 6) is 0.437. The van der Waals surface area contributed by atoms with Gasteiger partial charge in [0.2, 0.25) is 17.6 Å². The van der Waals surface area contributed by atoms with E-state index in [0.29, 0.717) is 11.1 Å². The molecule has 0 atom stereocenters. The van der Waals surface area contributed by atoms with E-state index in [1.807, 2.05) is 6.07 Å². The highest BCUT2D eigenvalue weighted by molar-refractivity contribution is 5.55. The second kappa shape index (κ2) is 5.12. The largest absolute Gasteiger partial charge is 0.431 e. The van der Waals surface area contributed by atoms with Gasteiger partial charge in [0.1, 0.15) is 0 Å². The zero-order valence-electron chi connectivity index (χ0n) is 11.4. The Morgan fingerprint density at radius 2 is 1.95 bits per heavy atom. The molecule has 0 saturated heterocycles. The van der Waals surface area contributed by atoms with Gasteiger partial charge in [0.15, 0.2) is 0 Å². The van der Waals surface area contributed by atoms with Gasteiger partial charge in [-0.1, -0.05) is 6.07 Å². The average molecular weight is 274 g/mol. The number of aromatic nitrogens is 2. The standard InChI is InChI=1S/C13H14N4O3/c1-7-4-8(2)11(10(5-7)17(18)19)20-12-9(3)6-15-13(14)16-12/h4-6H,1-3H3,(H2,14,15,16). The fourth-order valence-corrected chi connectivity index (χ4v) is 1.84. The van der Waals surface area contributed by atoms with Crippen LogP contribution in [0, 0.1) is 30.9 Å². The minimum atomic E-state index is -0.477. The van der Waals surface area contributed by atoms with Crippen molar-refractivity contribution in [2.45, 2.75) is 20.8 Å². The molecule has 7 nitrogen and oxygen atoms in total. The van der Waals surface area contributed by atoms with Crippen LogP contribution in [0.2, 0.25) is 0 Å². The molecule has 104 valence electrons. The summed E-state index contributed by atoms with van der Waals surface area (Å²) >= 11 is 0. The number of nitrogens with two attached hydrogens (primary N) is 1. The Bertz CT molecular complexity index is 686. The Balaban J connectivity index is 2.53. The summed E-state index contributed by atoms with van der Waals surface area (Å²) in [6, 6.07) is 3.27. The van der Waals surface area contributed by atoms with Crippen molar-refractivity contribution < 1.29 is 9.66 Å². The summed E-state index contributed by atoms with van der Waals surface area (Å²) < 4.78 is 5.60. The molecule has 0 aliphatic heterocycles. The predicted octanol–water partition coefficient (Wildman–Crippen LogP) is 2.68. The number of aryl methyl sites for hydroxylation is 3. The van der Waals surface area contributed by atoms with Crippen molar-refractivity contribution in [2.75, 3.05) is 5.73 Å². The zero-order chi connectivity index (χ0) is 14.9. The number of nitro benzene ring substituents is 1. The molecule has 1 aromatic carbocycles. The molecule has 0 saturated carbocycles. The first-order chi connectivity index (χ1) is 9.38. The first kappa shape index (κ1) is 13.7. The lowest BCUT2D eigenvalue weighted by atomic mass is 10.1. The molecule has 1 heterocycles. The molecular weight excluding hydrogens is 260 g/mol. The Kier molecular flexibility index (Phi) is 3.51. The van der Waals surface area contributed by atoms with Gasteiger partial charge in [-0.25, -0.2) is 4.98 Å². The number of ether oxygens (including phenoxy) is 1. The highest BCUT2D eigenvalue weighted by Crippen LogP contribution is 2.35. The molecule has 2 rings (SSSR count). The van der Waals surface area contributed by atoms with Crippen LogP contribution in [0.15, 0.2) is 18.3 Å². The quantitative estimate of drug-likeness (QED) is 0.681. The second-order valence-electron chi connectivity index (χ2n) is 4.51. The van der Waals surface area contributed by atoms with Crippen LogP contribution in [0.5, 0.6) is 11.6 Å². The molecule has 0 fully saturated rings. The van der Waals surface area contributed by atoms with Gasteiger partial charge >= 0.3 is 5.69 Å². The molecular formula is C13H14N4O3. The Morgan fingerprint density at radius 3 is 2.60 bits per heavy atom. The third kappa shape index (κ3) is 2.66. The molecule has 0 unspecified atom stereocenters. The first-order valence-electron chi connectivity index (χ1n) is 5.91.